The van der Waals surface area contributed by atoms with Gasteiger partial charge < -0.3 is 24.6 Å². The largest absolute Gasteiger partial charge is 0.486 e. The van der Waals surface area contributed by atoms with Crippen molar-refractivity contribution in [3.8, 4) is 11.5 Å². The second-order valence-electron chi connectivity index (χ2n) is 7.14. The summed E-state index contributed by atoms with van der Waals surface area (Å²) in [5, 5.41) is 2.90. The van der Waals surface area contributed by atoms with Crippen LogP contribution in [0.15, 0.2) is 24.3 Å². The predicted octanol–water partition coefficient (Wildman–Crippen LogP) is 2.52. The summed E-state index contributed by atoms with van der Waals surface area (Å²) < 4.78 is 11.8. The molecule has 1 unspecified atom stereocenters. The van der Waals surface area contributed by atoms with Crippen LogP contribution in [-0.4, -0.2) is 67.3 Å². The molecule has 1 aromatic rings. The summed E-state index contributed by atoms with van der Waals surface area (Å²) in [6.45, 7) is 5.57. The van der Waals surface area contributed by atoms with Gasteiger partial charge in [0.15, 0.2) is 11.5 Å². The van der Waals surface area contributed by atoms with Gasteiger partial charge in [0.25, 0.3) is 0 Å². The van der Waals surface area contributed by atoms with Gasteiger partial charge in [0, 0.05) is 32.2 Å². The van der Waals surface area contributed by atoms with Crippen LogP contribution in [0.5, 0.6) is 11.5 Å². The molecule has 3 aliphatic heterocycles. The number of ether oxygens (including phenoxy) is 2. The van der Waals surface area contributed by atoms with E-state index < -0.39 is 0 Å². The lowest BCUT2D eigenvalue weighted by atomic mass is 10.0. The lowest BCUT2D eigenvalue weighted by Crippen LogP contribution is -2.46. The van der Waals surface area contributed by atoms with Gasteiger partial charge in [-0.2, -0.15) is 0 Å². The van der Waals surface area contributed by atoms with Crippen LogP contribution in [0.1, 0.15) is 25.7 Å². The standard InChI is InChI=1S/C19H27N3O3.ClH/c23-19-20-9-13-22(19)15-7-11-21(12-8-15)10-3-4-16-14-24-17-5-1-2-6-18(17)25-16;/h1-2,5-6,15-16H,3-4,7-14H2,(H,20,23);1H. The number of carbonyl (C=O) groups excluding carboxylic acids is 1. The Balaban J connectivity index is 0.00000196. The molecule has 3 heterocycles. The zero-order valence-electron chi connectivity index (χ0n) is 15.1. The third-order valence-corrected chi connectivity index (χ3v) is 5.46. The van der Waals surface area contributed by atoms with Crippen LogP contribution >= 0.6 is 12.4 Å². The number of nitrogens with zero attached hydrogens (tertiary/aromatic N) is 2. The van der Waals surface area contributed by atoms with Gasteiger partial charge >= 0.3 is 6.03 Å². The summed E-state index contributed by atoms with van der Waals surface area (Å²) in [4.78, 5) is 16.3. The smallest absolute Gasteiger partial charge is 0.317 e. The SMILES string of the molecule is Cl.O=C1NCCN1C1CCN(CCCC2COc3ccccc3O2)CC1. The zero-order chi connectivity index (χ0) is 17.1. The van der Waals surface area contributed by atoms with E-state index in [1.807, 2.05) is 29.2 Å². The summed E-state index contributed by atoms with van der Waals surface area (Å²) in [6, 6.07) is 8.42. The maximum atomic E-state index is 11.8. The monoisotopic (exact) mass is 381 g/mol. The highest BCUT2D eigenvalue weighted by atomic mass is 35.5. The van der Waals surface area contributed by atoms with Crippen LogP contribution in [0.3, 0.4) is 0 Å². The second kappa shape index (κ2) is 8.82. The maximum absolute atomic E-state index is 11.8. The number of halogens is 1. The highest BCUT2D eigenvalue weighted by molar-refractivity contribution is 5.85. The first-order valence-electron chi connectivity index (χ1n) is 9.45. The van der Waals surface area contributed by atoms with Crippen LogP contribution in [-0.2, 0) is 0 Å². The topological polar surface area (TPSA) is 54.0 Å². The van der Waals surface area contributed by atoms with Gasteiger partial charge in [0.05, 0.1) is 0 Å². The van der Waals surface area contributed by atoms with Gasteiger partial charge in [-0.3, -0.25) is 0 Å². The third kappa shape index (κ3) is 4.35. The highest BCUT2D eigenvalue weighted by Crippen LogP contribution is 2.31. The van der Waals surface area contributed by atoms with Crippen molar-refractivity contribution in [3.63, 3.8) is 0 Å². The van der Waals surface area contributed by atoms with E-state index >= 15 is 0 Å². The first-order chi connectivity index (χ1) is 12.3. The average molecular weight is 382 g/mol. The minimum absolute atomic E-state index is 0. The van der Waals surface area contributed by atoms with Crippen LogP contribution in [0.2, 0.25) is 0 Å². The number of benzene rings is 1. The molecule has 3 aliphatic rings. The number of para-hydroxylation sites is 2. The molecule has 0 saturated carbocycles. The molecular formula is C19H28ClN3O3. The Labute approximate surface area is 161 Å². The minimum Gasteiger partial charge on any atom is -0.486 e. The fourth-order valence-electron chi connectivity index (χ4n) is 4.04. The molecule has 0 radical (unpaired) electrons. The molecule has 0 aliphatic carbocycles. The molecule has 6 nitrogen and oxygen atoms in total. The first-order valence-corrected chi connectivity index (χ1v) is 9.45. The number of carbonyl (C=O) groups is 1. The molecule has 0 aromatic heterocycles. The summed E-state index contributed by atoms with van der Waals surface area (Å²) in [7, 11) is 0. The van der Waals surface area contributed by atoms with Crippen LogP contribution in [0.25, 0.3) is 0 Å². The Kier molecular flexibility index (Phi) is 6.48. The number of amides is 2. The van der Waals surface area contributed by atoms with E-state index in [0.717, 1.165) is 69.9 Å². The van der Waals surface area contributed by atoms with E-state index in [2.05, 4.69) is 10.2 Å². The zero-order valence-corrected chi connectivity index (χ0v) is 15.9. The van der Waals surface area contributed by atoms with E-state index in [0.29, 0.717) is 12.6 Å². The summed E-state index contributed by atoms with van der Waals surface area (Å²) >= 11 is 0. The van der Waals surface area contributed by atoms with Gasteiger partial charge in [-0.05, 0) is 44.4 Å². The van der Waals surface area contributed by atoms with Crippen molar-refractivity contribution >= 4 is 18.4 Å². The molecule has 1 aromatic carbocycles. The van der Waals surface area contributed by atoms with Gasteiger partial charge in [0.1, 0.15) is 12.7 Å². The fraction of sp³-hybridized carbons (Fsp3) is 0.632. The van der Waals surface area contributed by atoms with Crippen LogP contribution < -0.4 is 14.8 Å². The molecule has 144 valence electrons. The van der Waals surface area contributed by atoms with Crippen molar-refractivity contribution in [2.75, 3.05) is 39.3 Å². The van der Waals surface area contributed by atoms with E-state index in [9.17, 15) is 4.79 Å². The first kappa shape index (κ1) is 19.1. The van der Waals surface area contributed by atoms with Gasteiger partial charge in [-0.1, -0.05) is 12.1 Å². The summed E-state index contributed by atoms with van der Waals surface area (Å²) in [5.41, 5.74) is 0. The Morgan fingerprint density at radius 1 is 1.12 bits per heavy atom. The van der Waals surface area contributed by atoms with E-state index in [-0.39, 0.29) is 24.5 Å². The van der Waals surface area contributed by atoms with E-state index in [1.54, 1.807) is 0 Å². The highest BCUT2D eigenvalue weighted by Gasteiger charge is 2.30. The lowest BCUT2D eigenvalue weighted by Gasteiger charge is -2.36. The number of fused-ring (bicyclic) bond motifs is 1. The average Bonchev–Trinajstić information content (AvgIpc) is 3.08. The molecular weight excluding hydrogens is 354 g/mol. The Morgan fingerprint density at radius 2 is 1.88 bits per heavy atom. The second-order valence-corrected chi connectivity index (χ2v) is 7.14. The number of likely N-dealkylation sites (tertiary alicyclic amines) is 1. The maximum Gasteiger partial charge on any atom is 0.317 e. The molecule has 0 bridgehead atoms. The number of hydrogen-bond acceptors (Lipinski definition) is 4. The van der Waals surface area contributed by atoms with Crippen molar-refractivity contribution in [1.82, 2.24) is 15.1 Å². The molecule has 2 fully saturated rings. The number of nitrogens with one attached hydrogen (secondary N) is 1. The number of urea groups is 1. The van der Waals surface area contributed by atoms with Gasteiger partial charge in [0.2, 0.25) is 0 Å². The summed E-state index contributed by atoms with van der Waals surface area (Å²) in [5.74, 6) is 1.72. The number of rotatable bonds is 5. The van der Waals surface area contributed by atoms with Crippen LogP contribution in [0.4, 0.5) is 4.79 Å². The Hall–Kier alpha value is -1.66. The normalized spacial score (nSPS) is 23.5. The Morgan fingerprint density at radius 3 is 2.62 bits per heavy atom. The quantitative estimate of drug-likeness (QED) is 0.851. The van der Waals surface area contributed by atoms with E-state index in [4.69, 9.17) is 9.47 Å². The van der Waals surface area contributed by atoms with Crippen molar-refractivity contribution in [1.29, 1.82) is 0 Å². The molecule has 7 heteroatoms. The number of hydrogen-bond donors (Lipinski definition) is 1. The molecule has 26 heavy (non-hydrogen) atoms. The van der Waals surface area contributed by atoms with Gasteiger partial charge in [-0.15, -0.1) is 12.4 Å². The predicted molar refractivity (Wildman–Crippen MR) is 102 cm³/mol. The third-order valence-electron chi connectivity index (χ3n) is 5.46. The molecule has 2 amide bonds. The lowest BCUT2D eigenvalue weighted by molar-refractivity contribution is 0.0776. The van der Waals surface area contributed by atoms with Crippen LogP contribution in [0, 0.1) is 0 Å². The van der Waals surface area contributed by atoms with Crippen molar-refractivity contribution in [2.45, 2.75) is 37.8 Å². The van der Waals surface area contributed by atoms with Crippen molar-refractivity contribution in [2.24, 2.45) is 0 Å². The van der Waals surface area contributed by atoms with Gasteiger partial charge in [-0.25, -0.2) is 4.79 Å². The Bertz CT molecular complexity index is 607. The molecule has 1 atom stereocenters. The molecule has 2 saturated heterocycles. The molecule has 4 rings (SSSR count). The van der Waals surface area contributed by atoms with Crippen molar-refractivity contribution < 1.29 is 14.3 Å². The minimum atomic E-state index is 0. The van der Waals surface area contributed by atoms with E-state index in [1.165, 1.54) is 0 Å². The fourth-order valence-corrected chi connectivity index (χ4v) is 4.04. The van der Waals surface area contributed by atoms with Crippen molar-refractivity contribution in [3.05, 3.63) is 24.3 Å². The summed E-state index contributed by atoms with van der Waals surface area (Å²) in [6.07, 6.45) is 4.46. The molecule has 1 N–H and O–H groups in total. The number of piperidine rings is 1. The molecule has 0 spiro atoms.